The highest BCUT2D eigenvalue weighted by atomic mass is 35.5. The molecule has 2 aliphatic rings. The Morgan fingerprint density at radius 1 is 1.16 bits per heavy atom. The van der Waals surface area contributed by atoms with Crippen LogP contribution < -0.4 is 4.90 Å². The zero-order chi connectivity index (χ0) is 27.4. The molecular weight excluding hydrogens is 547 g/mol. The summed E-state index contributed by atoms with van der Waals surface area (Å²) in [5.74, 6) is -1.86. The molecule has 3 aromatic rings. The molecule has 2 fully saturated rings. The van der Waals surface area contributed by atoms with Crippen LogP contribution in [0.2, 0.25) is 10.0 Å². The first-order chi connectivity index (χ1) is 18.0. The molecule has 1 N–H and O–H groups in total. The molecule has 2 unspecified atom stereocenters. The first-order valence-electron chi connectivity index (χ1n) is 11.7. The fourth-order valence-corrected chi connectivity index (χ4v) is 7.06. The van der Waals surface area contributed by atoms with E-state index >= 15 is 0 Å². The summed E-state index contributed by atoms with van der Waals surface area (Å²) in [4.78, 5) is 45.8. The van der Waals surface area contributed by atoms with Crippen LogP contribution in [0.5, 0.6) is 0 Å². The summed E-state index contributed by atoms with van der Waals surface area (Å²) in [6.45, 7) is 2.76. The van der Waals surface area contributed by atoms with Crippen LogP contribution in [0, 0.1) is 18.3 Å². The van der Waals surface area contributed by atoms with Crippen molar-refractivity contribution in [2.24, 2.45) is 0 Å². The number of aryl methyl sites for hydroxylation is 1. The van der Waals surface area contributed by atoms with Crippen molar-refractivity contribution in [2.45, 2.75) is 24.9 Å². The van der Waals surface area contributed by atoms with Crippen LogP contribution >= 0.6 is 34.5 Å². The van der Waals surface area contributed by atoms with Crippen molar-refractivity contribution in [3.63, 3.8) is 0 Å². The zero-order valence-corrected chi connectivity index (χ0v) is 22.8. The average Bonchev–Trinajstić information content (AvgIpc) is 3.49. The van der Waals surface area contributed by atoms with Gasteiger partial charge in [-0.3, -0.25) is 9.69 Å². The zero-order valence-electron chi connectivity index (χ0n) is 20.4. The van der Waals surface area contributed by atoms with Gasteiger partial charge in [-0.25, -0.2) is 14.5 Å². The fraction of sp³-hybridized carbons (Fsp3) is 0.259. The molecule has 11 heteroatoms. The van der Waals surface area contributed by atoms with Gasteiger partial charge >= 0.3 is 12.0 Å². The predicted molar refractivity (Wildman–Crippen MR) is 145 cm³/mol. The highest BCUT2D eigenvalue weighted by Crippen LogP contribution is 2.47. The molecule has 194 valence electrons. The third-order valence-electron chi connectivity index (χ3n) is 7.21. The van der Waals surface area contributed by atoms with Crippen LogP contribution in [0.4, 0.5) is 10.5 Å². The highest BCUT2D eigenvalue weighted by Gasteiger charge is 2.64. The van der Waals surface area contributed by atoms with Crippen LogP contribution in [0.25, 0.3) is 0 Å². The van der Waals surface area contributed by atoms with E-state index in [4.69, 9.17) is 23.2 Å². The molecule has 3 amide bonds. The second-order valence-corrected chi connectivity index (χ2v) is 11.7. The number of aromatic carboxylic acids is 1. The van der Waals surface area contributed by atoms with Crippen LogP contribution in [-0.4, -0.2) is 58.5 Å². The Bertz CT molecular complexity index is 1500. The number of halogens is 2. The number of imide groups is 1. The van der Waals surface area contributed by atoms with Crippen LogP contribution in [0.3, 0.4) is 0 Å². The molecule has 0 aliphatic carbocycles. The number of hydrogen-bond donors (Lipinski definition) is 1. The van der Waals surface area contributed by atoms with Crippen LogP contribution in [0.1, 0.15) is 37.2 Å². The van der Waals surface area contributed by atoms with Crippen molar-refractivity contribution >= 4 is 58.1 Å². The highest BCUT2D eigenvalue weighted by molar-refractivity contribution is 7.12. The number of benzene rings is 2. The number of likely N-dealkylation sites (N-methyl/N-ethyl adjacent to an activating group) is 1. The van der Waals surface area contributed by atoms with Gasteiger partial charge in [-0.2, -0.15) is 5.26 Å². The number of carboxylic acid groups (broad SMARTS) is 1. The van der Waals surface area contributed by atoms with E-state index in [1.807, 2.05) is 11.8 Å². The molecule has 38 heavy (non-hydrogen) atoms. The van der Waals surface area contributed by atoms with Gasteiger partial charge in [0.15, 0.2) is 0 Å². The molecule has 0 saturated carbocycles. The first-order valence-corrected chi connectivity index (χ1v) is 13.3. The minimum absolute atomic E-state index is 0.194. The van der Waals surface area contributed by atoms with Gasteiger partial charge in [-0.05, 0) is 48.9 Å². The Balaban J connectivity index is 1.59. The van der Waals surface area contributed by atoms with E-state index in [2.05, 4.69) is 6.07 Å². The maximum absolute atomic E-state index is 14.3. The Labute approximate surface area is 233 Å². The molecule has 2 aliphatic heterocycles. The summed E-state index contributed by atoms with van der Waals surface area (Å²) in [6.07, 6.45) is 0. The normalized spacial score (nSPS) is 21.5. The number of likely N-dealkylation sites (tertiary alicyclic amines) is 1. The van der Waals surface area contributed by atoms with Gasteiger partial charge in [0.05, 0.1) is 22.9 Å². The van der Waals surface area contributed by atoms with Gasteiger partial charge in [-0.15, -0.1) is 11.3 Å². The van der Waals surface area contributed by atoms with Gasteiger partial charge < -0.3 is 10.0 Å². The number of carboxylic acids is 1. The molecule has 0 bridgehead atoms. The molecule has 5 rings (SSSR count). The number of thiophene rings is 1. The number of carbonyl (C=O) groups excluding carboxylic acids is 2. The summed E-state index contributed by atoms with van der Waals surface area (Å²) in [6, 6.07) is 14.8. The number of nitrogens with zero attached hydrogens (tertiary/aromatic N) is 4. The number of anilines is 1. The Hall–Kier alpha value is -3.42. The molecule has 2 saturated heterocycles. The lowest BCUT2D eigenvalue weighted by Crippen LogP contribution is -2.53. The quantitative estimate of drug-likeness (QED) is 0.415. The van der Waals surface area contributed by atoms with Gasteiger partial charge in [0.1, 0.15) is 5.54 Å². The van der Waals surface area contributed by atoms with Gasteiger partial charge in [0, 0.05) is 52.4 Å². The van der Waals surface area contributed by atoms with E-state index in [-0.39, 0.29) is 17.8 Å². The van der Waals surface area contributed by atoms with Crippen molar-refractivity contribution in [3.8, 4) is 6.07 Å². The molecule has 1 spiro atoms. The second-order valence-electron chi connectivity index (χ2n) is 9.49. The monoisotopic (exact) mass is 568 g/mol. The number of rotatable bonds is 5. The maximum atomic E-state index is 14.3. The van der Waals surface area contributed by atoms with Gasteiger partial charge in [0.25, 0.3) is 5.91 Å². The molecule has 0 radical (unpaired) electrons. The standard InChI is InChI=1S/C27H22Cl2N4O4S/c1-15-7-21(24(34)35)23(38-15)13-32-12-22(17-5-3-16(11-30)4-6-17)27(14-32)25(36)33(26(37)31(27)2)20-9-18(28)8-19(29)10-20/h3-10,22H,12-14H2,1-2H3,(H,34,35). The largest absolute Gasteiger partial charge is 0.478 e. The predicted octanol–water partition coefficient (Wildman–Crippen LogP) is 5.37. The number of hydrogen-bond acceptors (Lipinski definition) is 6. The molecule has 8 nitrogen and oxygen atoms in total. The third-order valence-corrected chi connectivity index (χ3v) is 8.68. The second kappa shape index (κ2) is 9.71. The summed E-state index contributed by atoms with van der Waals surface area (Å²) >= 11 is 13.8. The average molecular weight is 569 g/mol. The number of urea groups is 1. The van der Waals surface area contributed by atoms with Crippen LogP contribution in [0.15, 0.2) is 48.5 Å². The van der Waals surface area contributed by atoms with E-state index < -0.39 is 29.4 Å². The van der Waals surface area contributed by atoms with E-state index in [1.54, 1.807) is 37.4 Å². The minimum Gasteiger partial charge on any atom is -0.478 e. The maximum Gasteiger partial charge on any atom is 0.336 e. The molecule has 1 aromatic heterocycles. The lowest BCUT2D eigenvalue weighted by Gasteiger charge is -2.34. The lowest BCUT2D eigenvalue weighted by molar-refractivity contribution is -0.124. The number of amides is 3. The van der Waals surface area contributed by atoms with E-state index in [0.717, 1.165) is 15.3 Å². The molecule has 2 atom stereocenters. The molecular formula is C27H22Cl2N4O4S. The van der Waals surface area contributed by atoms with Crippen molar-refractivity contribution in [1.29, 1.82) is 5.26 Å². The Morgan fingerprint density at radius 2 is 1.82 bits per heavy atom. The van der Waals surface area contributed by atoms with Crippen molar-refractivity contribution < 1.29 is 19.5 Å². The summed E-state index contributed by atoms with van der Waals surface area (Å²) < 4.78 is 0. The van der Waals surface area contributed by atoms with E-state index in [0.29, 0.717) is 33.6 Å². The van der Waals surface area contributed by atoms with Crippen molar-refractivity contribution in [3.05, 3.63) is 85.0 Å². The topological polar surface area (TPSA) is 105 Å². The first kappa shape index (κ1) is 26.2. The Morgan fingerprint density at radius 3 is 2.42 bits per heavy atom. The smallest absolute Gasteiger partial charge is 0.336 e. The Kier molecular flexibility index (Phi) is 6.70. The lowest BCUT2D eigenvalue weighted by atomic mass is 9.80. The van der Waals surface area contributed by atoms with Crippen molar-refractivity contribution in [1.82, 2.24) is 9.80 Å². The SMILES string of the molecule is Cc1cc(C(=O)O)c(CN2CC(c3ccc(C#N)cc3)C3(C2)C(=O)N(c2cc(Cl)cc(Cl)c2)C(=O)N3C)s1. The summed E-state index contributed by atoms with van der Waals surface area (Å²) in [5, 5.41) is 19.5. The van der Waals surface area contributed by atoms with Crippen LogP contribution in [-0.2, 0) is 11.3 Å². The van der Waals surface area contributed by atoms with Crippen molar-refractivity contribution in [2.75, 3.05) is 25.0 Å². The minimum atomic E-state index is -1.27. The summed E-state index contributed by atoms with van der Waals surface area (Å²) in [5.41, 5.74) is 0.526. The summed E-state index contributed by atoms with van der Waals surface area (Å²) in [7, 11) is 1.60. The van der Waals surface area contributed by atoms with Gasteiger partial charge in [-0.1, -0.05) is 35.3 Å². The molecule has 2 aromatic carbocycles. The number of nitriles is 1. The molecule has 3 heterocycles. The fourth-order valence-electron chi connectivity index (χ4n) is 5.48. The van der Waals surface area contributed by atoms with E-state index in [1.165, 1.54) is 34.4 Å². The van der Waals surface area contributed by atoms with E-state index in [9.17, 15) is 24.8 Å². The number of carbonyl (C=O) groups is 3. The van der Waals surface area contributed by atoms with Gasteiger partial charge in [0.2, 0.25) is 0 Å². The third kappa shape index (κ3) is 4.24.